The van der Waals surface area contributed by atoms with E-state index in [-0.39, 0.29) is 29.0 Å². The summed E-state index contributed by atoms with van der Waals surface area (Å²) in [4.78, 5) is 17.6. The fourth-order valence-electron chi connectivity index (χ4n) is 7.45. The monoisotopic (exact) mass is 457 g/mol. The van der Waals surface area contributed by atoms with Crippen LogP contribution in [-0.4, -0.2) is 67.1 Å². The topological polar surface area (TPSA) is 93.0 Å². The second-order valence-corrected chi connectivity index (χ2v) is 11.2. The zero-order chi connectivity index (χ0) is 22.8. The van der Waals surface area contributed by atoms with Crippen molar-refractivity contribution in [3.05, 3.63) is 29.5 Å². The van der Waals surface area contributed by atoms with Crippen molar-refractivity contribution < 1.29 is 24.7 Å². The summed E-state index contributed by atoms with van der Waals surface area (Å²) in [6, 6.07) is 7.10. The number of quaternary nitrogens is 1. The van der Waals surface area contributed by atoms with Crippen LogP contribution in [0.1, 0.15) is 39.0 Å². The van der Waals surface area contributed by atoms with E-state index in [2.05, 4.69) is 16.7 Å². The van der Waals surface area contributed by atoms with Crippen molar-refractivity contribution in [2.75, 3.05) is 44.2 Å². The van der Waals surface area contributed by atoms with E-state index in [1.54, 1.807) is 12.1 Å². The Morgan fingerprint density at radius 3 is 2.58 bits per heavy atom. The van der Waals surface area contributed by atoms with Gasteiger partial charge in [-0.15, -0.1) is 0 Å². The summed E-state index contributed by atoms with van der Waals surface area (Å²) < 4.78 is 12.0. The first-order valence-electron chi connectivity index (χ1n) is 12.5. The van der Waals surface area contributed by atoms with Crippen LogP contribution < -0.4 is 10.1 Å². The smallest absolute Gasteiger partial charge is 0.310 e. The van der Waals surface area contributed by atoms with Gasteiger partial charge in [0.25, 0.3) is 0 Å². The molecule has 3 heterocycles. The highest BCUT2D eigenvalue weighted by molar-refractivity contribution is 5.75. The molecular formula is C25H35N3O5. The summed E-state index contributed by atoms with van der Waals surface area (Å²) in [6.07, 6.45) is 5.77. The number of nitrogens with zero attached hydrogens (tertiary/aromatic N) is 2. The Kier molecular flexibility index (Phi) is 5.23. The molecule has 5 fully saturated rings. The van der Waals surface area contributed by atoms with Gasteiger partial charge in [-0.05, 0) is 55.6 Å². The molecule has 5 aliphatic rings. The van der Waals surface area contributed by atoms with Gasteiger partial charge in [-0.2, -0.15) is 5.23 Å². The predicted molar refractivity (Wildman–Crippen MR) is 121 cm³/mol. The molecule has 2 saturated carbocycles. The maximum atomic E-state index is 12.9. The minimum atomic E-state index is -0.899. The average molecular weight is 458 g/mol. The number of carbonyl (C=O) groups excluding carboxylic acids is 1. The first-order chi connectivity index (χ1) is 15.9. The van der Waals surface area contributed by atoms with Crippen LogP contribution in [0.2, 0.25) is 0 Å². The third-order valence-corrected chi connectivity index (χ3v) is 9.39. The van der Waals surface area contributed by atoms with Crippen molar-refractivity contribution in [1.29, 1.82) is 0 Å². The van der Waals surface area contributed by atoms with Gasteiger partial charge in [-0.1, -0.05) is 6.92 Å². The molecule has 8 heteroatoms. The molecule has 0 aromatic heterocycles. The van der Waals surface area contributed by atoms with Crippen LogP contribution in [0.4, 0.5) is 11.4 Å². The van der Waals surface area contributed by atoms with Crippen molar-refractivity contribution in [3.8, 4) is 0 Å². The van der Waals surface area contributed by atoms with Gasteiger partial charge in [0.15, 0.2) is 5.69 Å². The predicted octanol–water partition coefficient (Wildman–Crippen LogP) is 1.74. The molecule has 3 unspecified atom stereocenters. The molecule has 0 radical (unpaired) electrons. The van der Waals surface area contributed by atoms with E-state index in [0.29, 0.717) is 17.5 Å². The van der Waals surface area contributed by atoms with E-state index in [1.165, 1.54) is 19.3 Å². The lowest BCUT2D eigenvalue weighted by Gasteiger charge is -2.51. The Morgan fingerprint density at radius 1 is 1.18 bits per heavy atom. The number of anilines is 1. The van der Waals surface area contributed by atoms with Gasteiger partial charge in [-0.3, -0.25) is 9.69 Å². The highest BCUT2D eigenvalue weighted by Crippen LogP contribution is 2.62. The molecule has 7 atom stereocenters. The lowest BCUT2D eigenvalue weighted by Crippen LogP contribution is -2.99. The van der Waals surface area contributed by atoms with Crippen molar-refractivity contribution in [2.24, 2.45) is 23.2 Å². The van der Waals surface area contributed by atoms with Crippen molar-refractivity contribution in [1.82, 2.24) is 4.90 Å². The fraction of sp³-hybridized carbons (Fsp3) is 0.720. The van der Waals surface area contributed by atoms with E-state index < -0.39 is 5.23 Å². The van der Waals surface area contributed by atoms with Gasteiger partial charge in [-0.25, -0.2) is 5.21 Å². The quantitative estimate of drug-likeness (QED) is 0.404. The van der Waals surface area contributed by atoms with Crippen LogP contribution in [0.15, 0.2) is 24.3 Å². The van der Waals surface area contributed by atoms with Crippen LogP contribution in [0, 0.1) is 28.4 Å². The highest BCUT2D eigenvalue weighted by Gasteiger charge is 2.65. The lowest BCUT2D eigenvalue weighted by molar-refractivity contribution is -0.991. The summed E-state index contributed by atoms with van der Waals surface area (Å²) in [5.74, 6) is 0.849. The van der Waals surface area contributed by atoms with Crippen molar-refractivity contribution in [3.63, 3.8) is 0 Å². The third-order valence-electron chi connectivity index (χ3n) is 9.39. The van der Waals surface area contributed by atoms with E-state index >= 15 is 0 Å². The number of esters is 1. The number of carbonyl (C=O) groups is 1. The molecule has 1 spiro atoms. The van der Waals surface area contributed by atoms with Gasteiger partial charge < -0.3 is 19.6 Å². The highest BCUT2D eigenvalue weighted by atomic mass is 16.8. The Bertz CT molecular complexity index is 896. The second-order valence-electron chi connectivity index (χ2n) is 11.2. The van der Waals surface area contributed by atoms with Crippen molar-refractivity contribution >= 4 is 17.3 Å². The normalized spacial score (nSPS) is 41.4. The van der Waals surface area contributed by atoms with Gasteiger partial charge in [0, 0.05) is 56.5 Å². The SMILES string of the molecule is C[C@]12CCC[C@]3(CO3)C1C[C@@H]1C(CN3CCN(c4ccc([NH+]([O-])O)cc4)CC3)C(=O)O[C@@H]1C2. The van der Waals surface area contributed by atoms with E-state index in [0.717, 1.165) is 57.9 Å². The minimum Gasteiger partial charge on any atom is -0.595 e. The van der Waals surface area contributed by atoms with Gasteiger partial charge >= 0.3 is 5.97 Å². The van der Waals surface area contributed by atoms with Crippen LogP contribution in [-0.2, 0) is 14.3 Å². The molecule has 180 valence electrons. The largest absolute Gasteiger partial charge is 0.595 e. The van der Waals surface area contributed by atoms with E-state index in [1.807, 2.05) is 12.1 Å². The number of fused-ring (bicyclic) bond motifs is 3. The number of nitrogens with one attached hydrogen (secondary N) is 1. The van der Waals surface area contributed by atoms with Crippen LogP contribution >= 0.6 is 0 Å². The molecular weight excluding hydrogens is 422 g/mol. The molecule has 6 rings (SSSR count). The number of ether oxygens (including phenoxy) is 2. The second kappa shape index (κ2) is 7.92. The Balaban J connectivity index is 1.09. The summed E-state index contributed by atoms with van der Waals surface area (Å²) in [5.41, 5.74) is 1.70. The number of piperazine rings is 1. The van der Waals surface area contributed by atoms with Crippen LogP contribution in [0.3, 0.4) is 0 Å². The van der Waals surface area contributed by atoms with Crippen LogP contribution in [0.25, 0.3) is 0 Å². The first-order valence-corrected chi connectivity index (χ1v) is 12.5. The Labute approximate surface area is 195 Å². The molecule has 0 amide bonds. The molecule has 3 aliphatic heterocycles. The first kappa shape index (κ1) is 21.8. The maximum absolute atomic E-state index is 12.9. The number of hydrogen-bond acceptors (Lipinski definition) is 7. The Morgan fingerprint density at radius 2 is 1.91 bits per heavy atom. The third kappa shape index (κ3) is 3.76. The maximum Gasteiger partial charge on any atom is 0.310 e. The number of hydrogen-bond donors (Lipinski definition) is 2. The zero-order valence-corrected chi connectivity index (χ0v) is 19.4. The molecule has 1 aromatic carbocycles. The fourth-order valence-corrected chi connectivity index (χ4v) is 7.45. The molecule has 2 N–H and O–H groups in total. The summed E-state index contributed by atoms with van der Waals surface area (Å²) in [5, 5.41) is 19.3. The van der Waals surface area contributed by atoms with Gasteiger partial charge in [0.1, 0.15) is 6.10 Å². The summed E-state index contributed by atoms with van der Waals surface area (Å²) >= 11 is 0. The molecule has 1 aromatic rings. The molecule has 33 heavy (non-hydrogen) atoms. The number of rotatable bonds is 4. The molecule has 8 nitrogen and oxygen atoms in total. The van der Waals surface area contributed by atoms with Crippen molar-refractivity contribution in [2.45, 2.75) is 50.7 Å². The van der Waals surface area contributed by atoms with Gasteiger partial charge in [0.2, 0.25) is 0 Å². The van der Waals surface area contributed by atoms with Gasteiger partial charge in [0.05, 0.1) is 18.1 Å². The molecule has 0 bridgehead atoms. The average Bonchev–Trinajstić information content (AvgIpc) is 3.51. The standard InChI is InChI=1S/C25H35N3O5/c1-24-7-2-8-25(16-32-25)22(24)13-19-20(23(29)33-21(19)14-24)15-26-9-11-27(12-10-26)17-3-5-18(6-4-17)28(30)31/h3-6,19-22,28,30H,2,7-16H2,1H3/t19-,20?,21-,22?,24-,25+/m1/s1. The van der Waals surface area contributed by atoms with E-state index in [9.17, 15) is 10.0 Å². The molecule has 3 saturated heterocycles. The number of epoxide rings is 1. The Hall–Kier alpha value is -1.71. The summed E-state index contributed by atoms with van der Waals surface area (Å²) in [7, 11) is 0. The minimum absolute atomic E-state index is 0.00435. The zero-order valence-electron chi connectivity index (χ0n) is 19.4. The lowest BCUT2D eigenvalue weighted by atomic mass is 9.53. The van der Waals surface area contributed by atoms with E-state index in [4.69, 9.17) is 14.7 Å². The summed E-state index contributed by atoms with van der Waals surface area (Å²) in [6.45, 7) is 7.63. The number of benzene rings is 1. The van der Waals surface area contributed by atoms with Crippen LogP contribution in [0.5, 0.6) is 0 Å². The molecule has 2 aliphatic carbocycles.